The van der Waals surface area contributed by atoms with Crippen LogP contribution in [0.2, 0.25) is 0 Å². The number of nitrogens with zero attached hydrogens (tertiary/aromatic N) is 1. The molecule has 4 nitrogen and oxygen atoms in total. The van der Waals surface area contributed by atoms with E-state index in [4.69, 9.17) is 9.47 Å². The maximum Gasteiger partial charge on any atom is 0.161 e. The molecule has 0 aromatic heterocycles. The van der Waals surface area contributed by atoms with Crippen LogP contribution in [-0.2, 0) is 6.42 Å². The predicted octanol–water partition coefficient (Wildman–Crippen LogP) is 3.63. The van der Waals surface area contributed by atoms with Crippen molar-refractivity contribution in [3.63, 3.8) is 0 Å². The molecule has 0 radical (unpaired) electrons. The highest BCUT2D eigenvalue weighted by Crippen LogP contribution is 2.37. The Labute approximate surface area is 158 Å². The monoisotopic (exact) mass is 404 g/mol. The average molecular weight is 405 g/mol. The number of benzene rings is 2. The molecule has 0 spiro atoms. The fraction of sp³-hybridized carbons (Fsp3) is 0.400. The van der Waals surface area contributed by atoms with E-state index >= 15 is 0 Å². The molecule has 0 saturated heterocycles. The minimum atomic E-state index is 0.180. The van der Waals surface area contributed by atoms with E-state index in [2.05, 4.69) is 62.5 Å². The summed E-state index contributed by atoms with van der Waals surface area (Å²) in [4.78, 5) is 2.11. The van der Waals surface area contributed by atoms with Crippen molar-refractivity contribution in [2.24, 2.45) is 0 Å². The summed E-state index contributed by atoms with van der Waals surface area (Å²) in [5.41, 5.74) is 3.85. The van der Waals surface area contributed by atoms with Crippen LogP contribution in [0.1, 0.15) is 22.7 Å². The Morgan fingerprint density at radius 2 is 1.92 bits per heavy atom. The van der Waals surface area contributed by atoms with Gasteiger partial charge in [0.1, 0.15) is 6.61 Å². The van der Waals surface area contributed by atoms with Crippen LogP contribution in [0.3, 0.4) is 0 Å². The van der Waals surface area contributed by atoms with Gasteiger partial charge in [0.15, 0.2) is 11.5 Å². The van der Waals surface area contributed by atoms with Gasteiger partial charge in [0, 0.05) is 17.6 Å². The van der Waals surface area contributed by atoms with Crippen molar-refractivity contribution in [3.05, 3.63) is 57.6 Å². The van der Waals surface area contributed by atoms with Gasteiger partial charge in [0.05, 0.1) is 13.2 Å². The van der Waals surface area contributed by atoms with Crippen molar-refractivity contribution in [1.82, 2.24) is 10.2 Å². The number of methoxy groups -OCH3 is 1. The molecular weight excluding hydrogens is 380 g/mol. The van der Waals surface area contributed by atoms with E-state index in [1.165, 1.54) is 16.7 Å². The smallest absolute Gasteiger partial charge is 0.161 e. The minimum absolute atomic E-state index is 0.180. The normalized spacial score (nSPS) is 16.6. The van der Waals surface area contributed by atoms with Crippen LogP contribution in [0.25, 0.3) is 0 Å². The zero-order valence-corrected chi connectivity index (χ0v) is 16.6. The number of likely N-dealkylation sites (N-methyl/N-ethyl adjacent to an activating group) is 1. The second-order valence-electron chi connectivity index (χ2n) is 6.54. The van der Waals surface area contributed by atoms with Gasteiger partial charge >= 0.3 is 0 Å². The van der Waals surface area contributed by atoms with E-state index in [1.807, 2.05) is 14.1 Å². The Bertz CT molecular complexity index is 716. The van der Waals surface area contributed by atoms with Gasteiger partial charge in [-0.3, -0.25) is 0 Å². The van der Waals surface area contributed by atoms with Crippen molar-refractivity contribution >= 4 is 15.9 Å². The largest absolute Gasteiger partial charge is 0.493 e. The molecule has 5 heteroatoms. The Morgan fingerprint density at radius 3 is 2.60 bits per heavy atom. The van der Waals surface area contributed by atoms with Crippen LogP contribution in [-0.4, -0.2) is 45.8 Å². The van der Waals surface area contributed by atoms with Gasteiger partial charge < -0.3 is 19.7 Å². The molecule has 3 rings (SSSR count). The summed E-state index contributed by atoms with van der Waals surface area (Å²) in [5.74, 6) is 1.63. The molecule has 0 fully saturated rings. The van der Waals surface area contributed by atoms with Gasteiger partial charge in [0.25, 0.3) is 0 Å². The lowest BCUT2D eigenvalue weighted by Gasteiger charge is -2.29. The van der Waals surface area contributed by atoms with Crippen molar-refractivity contribution in [3.8, 4) is 11.5 Å². The van der Waals surface area contributed by atoms with E-state index in [-0.39, 0.29) is 6.04 Å². The molecule has 1 unspecified atom stereocenters. The van der Waals surface area contributed by atoms with Crippen LogP contribution in [0.5, 0.6) is 11.5 Å². The molecule has 2 aromatic rings. The van der Waals surface area contributed by atoms with Crippen LogP contribution in [0.15, 0.2) is 40.9 Å². The average Bonchev–Trinajstić information content (AvgIpc) is 2.61. The van der Waals surface area contributed by atoms with Crippen molar-refractivity contribution in [2.75, 3.05) is 40.9 Å². The van der Waals surface area contributed by atoms with Crippen LogP contribution < -0.4 is 14.8 Å². The van der Waals surface area contributed by atoms with Crippen LogP contribution in [0, 0.1) is 0 Å². The fourth-order valence-corrected chi connectivity index (χ4v) is 3.39. The molecule has 134 valence electrons. The van der Waals surface area contributed by atoms with Gasteiger partial charge in [0.2, 0.25) is 0 Å². The van der Waals surface area contributed by atoms with Gasteiger partial charge in [-0.25, -0.2) is 0 Å². The molecule has 2 aromatic carbocycles. The summed E-state index contributed by atoms with van der Waals surface area (Å²) < 4.78 is 12.7. The highest BCUT2D eigenvalue weighted by atomic mass is 79.9. The van der Waals surface area contributed by atoms with Crippen molar-refractivity contribution in [2.45, 2.75) is 12.5 Å². The first-order valence-corrected chi connectivity index (χ1v) is 9.35. The lowest BCUT2D eigenvalue weighted by Crippen LogP contribution is -2.30. The minimum Gasteiger partial charge on any atom is -0.493 e. The number of fused-ring (bicyclic) bond motifs is 1. The van der Waals surface area contributed by atoms with Crippen LogP contribution in [0.4, 0.5) is 0 Å². The second kappa shape index (κ2) is 8.21. The van der Waals surface area contributed by atoms with Gasteiger partial charge in [-0.15, -0.1) is 0 Å². The first-order chi connectivity index (χ1) is 12.1. The van der Waals surface area contributed by atoms with Crippen LogP contribution >= 0.6 is 15.9 Å². The molecule has 1 atom stereocenters. The first-order valence-electron chi connectivity index (χ1n) is 8.55. The predicted molar refractivity (Wildman–Crippen MR) is 105 cm³/mol. The molecule has 0 bridgehead atoms. The lowest BCUT2D eigenvalue weighted by atomic mass is 9.89. The lowest BCUT2D eigenvalue weighted by molar-refractivity contribution is 0.250. The van der Waals surface area contributed by atoms with E-state index in [0.29, 0.717) is 6.61 Å². The molecule has 0 amide bonds. The third-order valence-electron chi connectivity index (χ3n) is 4.48. The number of hydrogen-bond acceptors (Lipinski definition) is 4. The molecule has 1 aliphatic heterocycles. The van der Waals surface area contributed by atoms with Crippen molar-refractivity contribution < 1.29 is 9.47 Å². The standard InChI is InChI=1S/C20H25BrN2O2/c1-23(2)10-11-25-19-13-17-15(12-18(19)24-3)8-9-22-20(17)14-4-6-16(21)7-5-14/h4-7,12-13,20,22H,8-11H2,1-3H3. The summed E-state index contributed by atoms with van der Waals surface area (Å²) in [6.45, 7) is 2.46. The van der Waals surface area contributed by atoms with E-state index in [1.54, 1.807) is 7.11 Å². The highest BCUT2D eigenvalue weighted by molar-refractivity contribution is 9.10. The summed E-state index contributed by atoms with van der Waals surface area (Å²) in [7, 11) is 5.79. The fourth-order valence-electron chi connectivity index (χ4n) is 3.13. The number of hydrogen-bond donors (Lipinski definition) is 1. The number of rotatable bonds is 6. The maximum atomic E-state index is 6.01. The Kier molecular flexibility index (Phi) is 5.99. The van der Waals surface area contributed by atoms with Gasteiger partial charge in [-0.05, 0) is 61.5 Å². The molecule has 1 heterocycles. The molecule has 0 saturated carbocycles. The summed E-state index contributed by atoms with van der Waals surface area (Å²) in [6, 6.07) is 12.9. The van der Waals surface area contributed by atoms with Gasteiger partial charge in [-0.1, -0.05) is 28.1 Å². The number of halogens is 1. The van der Waals surface area contributed by atoms with Crippen molar-refractivity contribution in [1.29, 1.82) is 0 Å². The quantitative estimate of drug-likeness (QED) is 0.796. The van der Waals surface area contributed by atoms with Gasteiger partial charge in [-0.2, -0.15) is 0 Å². The molecule has 25 heavy (non-hydrogen) atoms. The Morgan fingerprint density at radius 1 is 1.16 bits per heavy atom. The summed E-state index contributed by atoms with van der Waals surface area (Å²) in [6.07, 6.45) is 0.997. The van der Waals surface area contributed by atoms with E-state index in [0.717, 1.165) is 35.5 Å². The Hall–Kier alpha value is -1.56. The molecule has 1 N–H and O–H groups in total. The summed E-state index contributed by atoms with van der Waals surface area (Å²) in [5, 5.41) is 3.63. The maximum absolute atomic E-state index is 6.01. The Balaban J connectivity index is 1.92. The number of ether oxygens (including phenoxy) is 2. The SMILES string of the molecule is COc1cc2c(cc1OCCN(C)C)C(c1ccc(Br)cc1)NCC2. The molecule has 0 aliphatic carbocycles. The molecular formula is C20H25BrN2O2. The summed E-state index contributed by atoms with van der Waals surface area (Å²) >= 11 is 3.51. The third kappa shape index (κ3) is 4.35. The van der Waals surface area contributed by atoms with E-state index < -0.39 is 0 Å². The zero-order valence-electron chi connectivity index (χ0n) is 15.0. The zero-order chi connectivity index (χ0) is 17.8. The second-order valence-corrected chi connectivity index (χ2v) is 7.46. The molecule has 1 aliphatic rings. The topological polar surface area (TPSA) is 33.7 Å². The first kappa shape index (κ1) is 18.2. The third-order valence-corrected chi connectivity index (χ3v) is 5.01. The van der Waals surface area contributed by atoms with E-state index in [9.17, 15) is 0 Å². The highest BCUT2D eigenvalue weighted by Gasteiger charge is 2.24. The number of nitrogens with one attached hydrogen (secondary N) is 1.